The molecule has 0 aliphatic carbocycles. The molecule has 2 heterocycles. The van der Waals surface area contributed by atoms with Crippen LogP contribution in [0.15, 0.2) is 60.7 Å². The number of nitrogens with one attached hydrogen (secondary N) is 1. The number of amides is 2. The van der Waals surface area contributed by atoms with Gasteiger partial charge in [-0.15, -0.1) is 0 Å². The number of carbonyl (C=O) groups is 3. The van der Waals surface area contributed by atoms with Gasteiger partial charge in [-0.05, 0) is 11.1 Å². The minimum absolute atomic E-state index is 0.0548. The number of ether oxygens (including phenoxy) is 1. The Balaban J connectivity index is 1.66. The zero-order valence-electron chi connectivity index (χ0n) is 15.6. The molecule has 0 unspecified atom stereocenters. The third kappa shape index (κ3) is 3.20. The van der Waals surface area contributed by atoms with Gasteiger partial charge < -0.3 is 10.1 Å². The number of imide groups is 1. The average Bonchev–Trinajstić information content (AvgIpc) is 3.21. The summed E-state index contributed by atoms with van der Waals surface area (Å²) in [5, 5.41) is 3.35. The van der Waals surface area contributed by atoms with Gasteiger partial charge in [0.1, 0.15) is 0 Å². The molecule has 6 nitrogen and oxygen atoms in total. The highest BCUT2D eigenvalue weighted by molar-refractivity contribution is 6.06. The third-order valence-corrected chi connectivity index (χ3v) is 5.63. The second-order valence-corrected chi connectivity index (χ2v) is 7.24. The normalized spacial score (nSPS) is 26.4. The largest absolute Gasteiger partial charge is 0.469 e. The van der Waals surface area contributed by atoms with Crippen molar-refractivity contribution in [3.8, 4) is 0 Å². The maximum absolute atomic E-state index is 13.2. The maximum atomic E-state index is 13.2. The average molecular weight is 378 g/mol. The Labute approximate surface area is 163 Å². The Kier molecular flexibility index (Phi) is 4.96. The van der Waals surface area contributed by atoms with E-state index in [4.69, 9.17) is 4.74 Å². The molecule has 0 aromatic heterocycles. The summed E-state index contributed by atoms with van der Waals surface area (Å²) in [5.74, 6) is -1.90. The molecule has 0 spiro atoms. The maximum Gasteiger partial charge on any atom is 0.307 e. The van der Waals surface area contributed by atoms with Crippen molar-refractivity contribution < 1.29 is 19.1 Å². The molecule has 0 radical (unpaired) electrons. The van der Waals surface area contributed by atoms with Crippen LogP contribution in [0.4, 0.5) is 0 Å². The second-order valence-electron chi connectivity index (χ2n) is 7.24. The van der Waals surface area contributed by atoms with Gasteiger partial charge in [0.2, 0.25) is 11.8 Å². The summed E-state index contributed by atoms with van der Waals surface area (Å²) in [6, 6.07) is 18.3. The number of nitrogens with zero attached hydrogens (tertiary/aromatic N) is 1. The lowest BCUT2D eigenvalue weighted by molar-refractivity contribution is -0.142. The van der Waals surface area contributed by atoms with Crippen molar-refractivity contribution in [3.05, 3.63) is 71.8 Å². The van der Waals surface area contributed by atoms with Crippen molar-refractivity contribution in [2.45, 2.75) is 25.0 Å². The van der Waals surface area contributed by atoms with Gasteiger partial charge in [0.15, 0.2) is 0 Å². The fourth-order valence-electron chi connectivity index (χ4n) is 4.32. The van der Waals surface area contributed by atoms with E-state index >= 15 is 0 Å². The molecule has 0 bridgehead atoms. The second kappa shape index (κ2) is 7.56. The summed E-state index contributed by atoms with van der Waals surface area (Å²) in [4.78, 5) is 39.6. The van der Waals surface area contributed by atoms with Crippen molar-refractivity contribution in [1.82, 2.24) is 10.2 Å². The zero-order chi connectivity index (χ0) is 19.7. The number of likely N-dealkylation sites (tertiary alicyclic amines) is 1. The first-order valence-corrected chi connectivity index (χ1v) is 9.37. The topological polar surface area (TPSA) is 75.7 Å². The molecular formula is C22H22N2O4. The van der Waals surface area contributed by atoms with Gasteiger partial charge in [-0.3, -0.25) is 19.3 Å². The summed E-state index contributed by atoms with van der Waals surface area (Å²) in [7, 11) is 1.33. The Morgan fingerprint density at radius 3 is 2.21 bits per heavy atom. The minimum Gasteiger partial charge on any atom is -0.469 e. The van der Waals surface area contributed by atoms with Crippen LogP contribution in [0.25, 0.3) is 0 Å². The molecule has 2 aromatic rings. The molecule has 144 valence electrons. The molecule has 2 amide bonds. The van der Waals surface area contributed by atoms with E-state index < -0.39 is 23.8 Å². The molecule has 2 saturated heterocycles. The van der Waals surface area contributed by atoms with Gasteiger partial charge in [-0.1, -0.05) is 60.7 Å². The Bertz CT molecular complexity index is 884. The van der Waals surface area contributed by atoms with Gasteiger partial charge in [-0.25, -0.2) is 0 Å². The van der Waals surface area contributed by atoms with E-state index in [0.717, 1.165) is 11.1 Å². The van der Waals surface area contributed by atoms with E-state index in [1.807, 2.05) is 60.7 Å². The van der Waals surface area contributed by atoms with Crippen molar-refractivity contribution in [2.75, 3.05) is 7.11 Å². The number of benzene rings is 2. The van der Waals surface area contributed by atoms with Gasteiger partial charge in [0.25, 0.3) is 0 Å². The van der Waals surface area contributed by atoms with Crippen LogP contribution in [0, 0.1) is 11.8 Å². The monoisotopic (exact) mass is 378 g/mol. The van der Waals surface area contributed by atoms with Crippen LogP contribution in [0.3, 0.4) is 0 Å². The number of methoxy groups -OCH3 is 1. The third-order valence-electron chi connectivity index (χ3n) is 5.63. The van der Waals surface area contributed by atoms with Gasteiger partial charge >= 0.3 is 5.97 Å². The van der Waals surface area contributed by atoms with E-state index in [1.165, 1.54) is 12.0 Å². The van der Waals surface area contributed by atoms with E-state index in [9.17, 15) is 14.4 Å². The zero-order valence-corrected chi connectivity index (χ0v) is 15.6. The van der Waals surface area contributed by atoms with Gasteiger partial charge in [0, 0.05) is 12.1 Å². The summed E-state index contributed by atoms with van der Waals surface area (Å²) < 4.78 is 4.80. The van der Waals surface area contributed by atoms with Crippen LogP contribution in [0.5, 0.6) is 0 Å². The first kappa shape index (κ1) is 18.4. The molecule has 4 rings (SSSR count). The highest BCUT2D eigenvalue weighted by Gasteiger charge is 2.59. The van der Waals surface area contributed by atoms with Gasteiger partial charge in [-0.2, -0.15) is 0 Å². The van der Waals surface area contributed by atoms with Crippen LogP contribution in [0.2, 0.25) is 0 Å². The van der Waals surface area contributed by atoms with Crippen molar-refractivity contribution in [3.63, 3.8) is 0 Å². The molecule has 2 aliphatic rings. The fourth-order valence-corrected chi connectivity index (χ4v) is 4.32. The standard InChI is InChI=1S/C22H22N2O4/c1-28-17(25)12-16-18-19(20(23-16)15-10-6-3-7-11-15)22(27)24(21(18)26)13-14-8-4-2-5-9-14/h2-11,16,18-20,23H,12-13H2,1H3/t16-,18+,19+,20+/m1/s1. The van der Waals surface area contributed by atoms with Crippen molar-refractivity contribution in [1.29, 1.82) is 0 Å². The van der Waals surface area contributed by atoms with Crippen LogP contribution >= 0.6 is 0 Å². The summed E-state index contributed by atoms with van der Waals surface area (Å²) in [6.07, 6.45) is 0.0548. The predicted molar refractivity (Wildman–Crippen MR) is 102 cm³/mol. The molecule has 2 fully saturated rings. The van der Waals surface area contributed by atoms with Crippen LogP contribution in [0.1, 0.15) is 23.6 Å². The number of rotatable bonds is 5. The van der Waals surface area contributed by atoms with Crippen LogP contribution in [-0.2, 0) is 25.7 Å². The van der Waals surface area contributed by atoms with E-state index in [0.29, 0.717) is 0 Å². The first-order valence-electron chi connectivity index (χ1n) is 9.37. The molecule has 0 saturated carbocycles. The molecular weight excluding hydrogens is 356 g/mol. The summed E-state index contributed by atoms with van der Waals surface area (Å²) in [5.41, 5.74) is 1.84. The Morgan fingerprint density at radius 1 is 0.964 bits per heavy atom. The molecule has 4 atom stereocenters. The predicted octanol–water partition coefficient (Wildman–Crippen LogP) is 2.06. The highest BCUT2D eigenvalue weighted by atomic mass is 16.5. The quantitative estimate of drug-likeness (QED) is 0.637. The number of carbonyl (C=O) groups excluding carboxylic acids is 3. The molecule has 1 N–H and O–H groups in total. The highest BCUT2D eigenvalue weighted by Crippen LogP contribution is 2.45. The van der Waals surface area contributed by atoms with Gasteiger partial charge in [0.05, 0.1) is 31.9 Å². The van der Waals surface area contributed by atoms with Crippen molar-refractivity contribution >= 4 is 17.8 Å². The van der Waals surface area contributed by atoms with E-state index in [1.54, 1.807) is 0 Å². The Hall–Kier alpha value is -2.99. The summed E-state index contributed by atoms with van der Waals surface area (Å²) in [6.45, 7) is 0.248. The molecule has 2 aliphatic heterocycles. The smallest absolute Gasteiger partial charge is 0.307 e. The lowest BCUT2D eigenvalue weighted by Gasteiger charge is -2.22. The number of hydrogen-bond donors (Lipinski definition) is 1. The number of fused-ring (bicyclic) bond motifs is 1. The SMILES string of the molecule is COC(=O)C[C@H]1N[C@@H](c2ccccc2)[C@H]2C(=O)N(Cc3ccccc3)C(=O)[C@H]21. The summed E-state index contributed by atoms with van der Waals surface area (Å²) >= 11 is 0. The van der Waals surface area contributed by atoms with Crippen LogP contribution in [-0.4, -0.2) is 35.8 Å². The molecule has 6 heteroatoms. The van der Waals surface area contributed by atoms with Crippen molar-refractivity contribution in [2.24, 2.45) is 11.8 Å². The lowest BCUT2D eigenvalue weighted by atomic mass is 9.86. The minimum atomic E-state index is -0.569. The number of hydrogen-bond acceptors (Lipinski definition) is 5. The van der Waals surface area contributed by atoms with E-state index in [-0.39, 0.29) is 30.8 Å². The van der Waals surface area contributed by atoms with E-state index in [2.05, 4.69) is 5.32 Å². The lowest BCUT2D eigenvalue weighted by Crippen LogP contribution is -2.40. The number of esters is 1. The molecule has 28 heavy (non-hydrogen) atoms. The Morgan fingerprint density at radius 2 is 1.57 bits per heavy atom. The fraction of sp³-hybridized carbons (Fsp3) is 0.318. The first-order chi connectivity index (χ1) is 13.6. The van der Waals surface area contributed by atoms with Crippen LogP contribution < -0.4 is 5.32 Å². The molecule has 2 aromatic carbocycles.